The summed E-state index contributed by atoms with van der Waals surface area (Å²) in [5.74, 6) is 0.448. The maximum atomic E-state index is 9.58. The lowest BCUT2D eigenvalue weighted by Gasteiger charge is -2.05. The second-order valence-electron chi connectivity index (χ2n) is 3.26. The lowest BCUT2D eigenvalue weighted by Crippen LogP contribution is -2.20. The largest absolute Gasteiger partial charge is 0.508 e. The smallest absolute Gasteiger partial charge is 0.119 e. The fourth-order valence-corrected chi connectivity index (χ4v) is 3.01. The molecule has 3 heteroatoms. The summed E-state index contributed by atoms with van der Waals surface area (Å²) in [6.45, 7) is 0.999. The SMILES string of the molecule is CNCC1Cc2c(O)cccc2S1. The van der Waals surface area contributed by atoms with E-state index >= 15 is 0 Å². The summed E-state index contributed by atoms with van der Waals surface area (Å²) in [6.07, 6.45) is 0.980. The van der Waals surface area contributed by atoms with E-state index in [9.17, 15) is 5.11 Å². The van der Waals surface area contributed by atoms with Crippen molar-refractivity contribution >= 4 is 11.8 Å². The van der Waals surface area contributed by atoms with Crippen LogP contribution in [0.25, 0.3) is 0 Å². The molecule has 2 N–H and O–H groups in total. The van der Waals surface area contributed by atoms with E-state index in [0.717, 1.165) is 18.5 Å². The van der Waals surface area contributed by atoms with Crippen LogP contribution < -0.4 is 5.32 Å². The first kappa shape index (κ1) is 8.91. The van der Waals surface area contributed by atoms with Gasteiger partial charge in [0.15, 0.2) is 0 Å². The standard InChI is InChI=1S/C10H13NOS/c1-11-6-7-5-8-9(12)3-2-4-10(8)13-7/h2-4,7,11-12H,5-6H2,1H3. The zero-order chi connectivity index (χ0) is 9.26. The Morgan fingerprint density at radius 1 is 1.62 bits per heavy atom. The molecule has 1 aliphatic heterocycles. The predicted molar refractivity (Wildman–Crippen MR) is 55.4 cm³/mol. The average Bonchev–Trinajstić information content (AvgIpc) is 2.49. The molecule has 2 rings (SSSR count). The van der Waals surface area contributed by atoms with Gasteiger partial charge in [-0.05, 0) is 25.6 Å². The van der Waals surface area contributed by atoms with Crippen LogP contribution in [0.4, 0.5) is 0 Å². The molecule has 1 aromatic rings. The summed E-state index contributed by atoms with van der Waals surface area (Å²) in [4.78, 5) is 1.24. The van der Waals surface area contributed by atoms with Crippen LogP contribution in [0, 0.1) is 0 Å². The number of fused-ring (bicyclic) bond motifs is 1. The summed E-state index contributed by atoms with van der Waals surface area (Å²) in [5, 5.41) is 13.3. The van der Waals surface area contributed by atoms with Crippen LogP contribution in [0.15, 0.2) is 23.1 Å². The van der Waals surface area contributed by atoms with Crippen LogP contribution in [-0.4, -0.2) is 23.9 Å². The molecule has 0 bridgehead atoms. The molecule has 0 fully saturated rings. The van der Waals surface area contributed by atoms with Gasteiger partial charge >= 0.3 is 0 Å². The lowest BCUT2D eigenvalue weighted by atomic mass is 10.1. The average molecular weight is 195 g/mol. The Bertz CT molecular complexity index is 314. The Morgan fingerprint density at radius 2 is 2.46 bits per heavy atom. The molecular weight excluding hydrogens is 182 g/mol. The molecule has 0 amide bonds. The van der Waals surface area contributed by atoms with Crippen LogP contribution in [-0.2, 0) is 6.42 Å². The second-order valence-corrected chi connectivity index (χ2v) is 4.60. The van der Waals surface area contributed by atoms with Crippen molar-refractivity contribution in [2.45, 2.75) is 16.6 Å². The molecule has 13 heavy (non-hydrogen) atoms. The molecule has 1 heterocycles. The number of thioether (sulfide) groups is 1. The predicted octanol–water partition coefficient (Wildman–Crippen LogP) is 1.63. The quantitative estimate of drug-likeness (QED) is 0.752. The third kappa shape index (κ3) is 1.67. The number of phenolic OH excluding ortho intramolecular Hbond substituents is 1. The first-order valence-corrected chi connectivity index (χ1v) is 5.31. The van der Waals surface area contributed by atoms with Gasteiger partial charge in [-0.3, -0.25) is 0 Å². The van der Waals surface area contributed by atoms with E-state index in [-0.39, 0.29) is 0 Å². The van der Waals surface area contributed by atoms with E-state index in [4.69, 9.17) is 0 Å². The van der Waals surface area contributed by atoms with Crippen molar-refractivity contribution in [1.29, 1.82) is 0 Å². The van der Waals surface area contributed by atoms with Crippen molar-refractivity contribution in [2.75, 3.05) is 13.6 Å². The minimum atomic E-state index is 0.448. The van der Waals surface area contributed by atoms with Gasteiger partial charge < -0.3 is 10.4 Å². The van der Waals surface area contributed by atoms with Crippen LogP contribution >= 0.6 is 11.8 Å². The number of nitrogens with one attached hydrogen (secondary N) is 1. The number of aromatic hydroxyl groups is 1. The van der Waals surface area contributed by atoms with E-state index < -0.39 is 0 Å². The fourth-order valence-electron chi connectivity index (χ4n) is 1.66. The molecule has 0 aromatic heterocycles. The molecule has 1 aliphatic rings. The van der Waals surface area contributed by atoms with E-state index in [1.165, 1.54) is 4.90 Å². The number of phenols is 1. The zero-order valence-corrected chi connectivity index (χ0v) is 8.40. The molecule has 0 saturated carbocycles. The highest BCUT2D eigenvalue weighted by molar-refractivity contribution is 8.00. The molecule has 0 aliphatic carbocycles. The zero-order valence-electron chi connectivity index (χ0n) is 7.58. The first-order valence-electron chi connectivity index (χ1n) is 4.43. The Hall–Kier alpha value is -0.670. The number of hydrogen-bond donors (Lipinski definition) is 2. The van der Waals surface area contributed by atoms with Gasteiger partial charge in [-0.2, -0.15) is 0 Å². The highest BCUT2D eigenvalue weighted by Crippen LogP contribution is 2.40. The summed E-state index contributed by atoms with van der Waals surface area (Å²) < 4.78 is 0. The van der Waals surface area contributed by atoms with Gasteiger partial charge in [0.25, 0.3) is 0 Å². The Kier molecular flexibility index (Phi) is 2.47. The summed E-state index contributed by atoms with van der Waals surface area (Å²) in [7, 11) is 1.96. The molecule has 1 unspecified atom stereocenters. The van der Waals surface area contributed by atoms with Gasteiger partial charge in [0.1, 0.15) is 5.75 Å². The first-order chi connectivity index (χ1) is 6.31. The molecule has 1 aromatic carbocycles. The number of rotatable bonds is 2. The number of benzene rings is 1. The molecule has 0 radical (unpaired) electrons. The van der Waals surface area contributed by atoms with Gasteiger partial charge in [-0.25, -0.2) is 0 Å². The van der Waals surface area contributed by atoms with Crippen molar-refractivity contribution in [2.24, 2.45) is 0 Å². The molecule has 1 atom stereocenters. The van der Waals surface area contributed by atoms with Crippen molar-refractivity contribution in [3.05, 3.63) is 23.8 Å². The third-order valence-electron chi connectivity index (χ3n) is 2.27. The maximum absolute atomic E-state index is 9.58. The summed E-state index contributed by atoms with van der Waals surface area (Å²) >= 11 is 1.85. The van der Waals surface area contributed by atoms with Crippen molar-refractivity contribution in [3.8, 4) is 5.75 Å². The highest BCUT2D eigenvalue weighted by atomic mass is 32.2. The summed E-state index contributed by atoms with van der Waals surface area (Å²) in [6, 6.07) is 5.75. The van der Waals surface area contributed by atoms with E-state index in [2.05, 4.69) is 11.4 Å². The van der Waals surface area contributed by atoms with E-state index in [0.29, 0.717) is 11.0 Å². The third-order valence-corrected chi connectivity index (χ3v) is 3.57. The normalized spacial score (nSPS) is 20.2. The molecule has 0 spiro atoms. The minimum Gasteiger partial charge on any atom is -0.508 e. The molecule has 2 nitrogen and oxygen atoms in total. The lowest BCUT2D eigenvalue weighted by molar-refractivity contribution is 0.466. The van der Waals surface area contributed by atoms with Gasteiger partial charge in [0, 0.05) is 22.3 Å². The fraction of sp³-hybridized carbons (Fsp3) is 0.400. The van der Waals surface area contributed by atoms with Gasteiger partial charge in [-0.15, -0.1) is 11.8 Å². The van der Waals surface area contributed by atoms with Gasteiger partial charge in [0.2, 0.25) is 0 Å². The maximum Gasteiger partial charge on any atom is 0.119 e. The van der Waals surface area contributed by atoms with Crippen LogP contribution in [0.2, 0.25) is 0 Å². The van der Waals surface area contributed by atoms with Crippen molar-refractivity contribution in [3.63, 3.8) is 0 Å². The molecular formula is C10H13NOS. The highest BCUT2D eigenvalue weighted by Gasteiger charge is 2.23. The second kappa shape index (κ2) is 3.60. The van der Waals surface area contributed by atoms with Gasteiger partial charge in [-0.1, -0.05) is 6.07 Å². The van der Waals surface area contributed by atoms with Crippen molar-refractivity contribution in [1.82, 2.24) is 5.32 Å². The van der Waals surface area contributed by atoms with E-state index in [1.54, 1.807) is 6.07 Å². The monoisotopic (exact) mass is 195 g/mol. The van der Waals surface area contributed by atoms with Crippen LogP contribution in [0.3, 0.4) is 0 Å². The molecule has 70 valence electrons. The Morgan fingerprint density at radius 3 is 3.15 bits per heavy atom. The van der Waals surface area contributed by atoms with Crippen LogP contribution in [0.5, 0.6) is 5.75 Å². The van der Waals surface area contributed by atoms with Crippen molar-refractivity contribution < 1.29 is 5.11 Å². The minimum absolute atomic E-state index is 0.448. The topological polar surface area (TPSA) is 32.3 Å². The molecule has 0 saturated heterocycles. The summed E-state index contributed by atoms with van der Waals surface area (Å²) in [5.41, 5.74) is 1.12. The Balaban J connectivity index is 2.20. The van der Waals surface area contributed by atoms with Gasteiger partial charge in [0.05, 0.1) is 0 Å². The Labute approximate surface area is 82.4 Å². The van der Waals surface area contributed by atoms with Crippen LogP contribution in [0.1, 0.15) is 5.56 Å². The number of hydrogen-bond acceptors (Lipinski definition) is 3. The van der Waals surface area contributed by atoms with E-state index in [1.807, 2.05) is 24.9 Å².